The molecular formula is C39H25N3O2. The summed E-state index contributed by atoms with van der Waals surface area (Å²) < 4.78 is 6.02. The molecule has 5 nitrogen and oxygen atoms in total. The highest BCUT2D eigenvalue weighted by Gasteiger charge is 2.18. The summed E-state index contributed by atoms with van der Waals surface area (Å²) >= 11 is 0. The van der Waals surface area contributed by atoms with Crippen molar-refractivity contribution in [3.63, 3.8) is 0 Å². The molecule has 0 bridgehead atoms. The van der Waals surface area contributed by atoms with Gasteiger partial charge in [-0.15, -0.1) is 0 Å². The van der Waals surface area contributed by atoms with Crippen LogP contribution in [0, 0.1) is 0 Å². The highest BCUT2D eigenvalue weighted by molar-refractivity contribution is 6.06. The number of furan rings is 1. The maximum Gasteiger partial charge on any atom is 0.164 e. The van der Waals surface area contributed by atoms with Gasteiger partial charge >= 0.3 is 0 Å². The van der Waals surface area contributed by atoms with E-state index >= 15 is 0 Å². The van der Waals surface area contributed by atoms with Crippen LogP contribution >= 0.6 is 0 Å². The molecule has 0 aliphatic rings. The van der Waals surface area contributed by atoms with Gasteiger partial charge in [-0.05, 0) is 41.0 Å². The molecule has 1 N–H and O–H groups in total. The summed E-state index contributed by atoms with van der Waals surface area (Å²) in [6, 6.07) is 47.8. The molecule has 0 unspecified atom stereocenters. The SMILES string of the molecule is Oc1cccc(-c2nc(-c3ccccc3)nc(-c3ccccc3)n2)c1-c1ccc(-c2ccc3oc4ccccc4c3c2)cc1. The molecule has 0 atom stereocenters. The molecule has 0 saturated carbocycles. The summed E-state index contributed by atoms with van der Waals surface area (Å²) in [6.45, 7) is 0. The van der Waals surface area contributed by atoms with Crippen molar-refractivity contribution in [2.45, 2.75) is 0 Å². The van der Waals surface area contributed by atoms with Gasteiger partial charge in [0.2, 0.25) is 0 Å². The van der Waals surface area contributed by atoms with E-state index in [1.807, 2.05) is 109 Å². The number of phenolic OH excluding ortho intramolecular Hbond substituents is 1. The first kappa shape index (κ1) is 25.6. The predicted molar refractivity (Wildman–Crippen MR) is 176 cm³/mol. The van der Waals surface area contributed by atoms with Crippen molar-refractivity contribution in [3.8, 4) is 62.2 Å². The van der Waals surface area contributed by atoms with Crippen molar-refractivity contribution in [3.05, 3.63) is 146 Å². The van der Waals surface area contributed by atoms with E-state index in [2.05, 4.69) is 30.3 Å². The van der Waals surface area contributed by atoms with Gasteiger partial charge in [0, 0.05) is 33.0 Å². The molecule has 44 heavy (non-hydrogen) atoms. The van der Waals surface area contributed by atoms with Crippen LogP contribution in [0.1, 0.15) is 0 Å². The first-order chi connectivity index (χ1) is 21.7. The van der Waals surface area contributed by atoms with Gasteiger partial charge in [-0.25, -0.2) is 15.0 Å². The fourth-order valence-electron chi connectivity index (χ4n) is 5.69. The Morgan fingerprint density at radius 1 is 0.409 bits per heavy atom. The molecule has 0 amide bonds. The van der Waals surface area contributed by atoms with E-state index in [0.717, 1.165) is 55.3 Å². The average molecular weight is 568 g/mol. The Labute approximate surface area is 253 Å². The Morgan fingerprint density at radius 2 is 0.977 bits per heavy atom. The van der Waals surface area contributed by atoms with Gasteiger partial charge in [0.15, 0.2) is 17.5 Å². The Bertz CT molecular complexity index is 2220. The molecule has 0 saturated heterocycles. The molecular weight excluding hydrogens is 542 g/mol. The van der Waals surface area contributed by atoms with Gasteiger partial charge in [-0.1, -0.05) is 121 Å². The first-order valence-electron chi connectivity index (χ1n) is 14.4. The molecule has 8 aromatic rings. The van der Waals surface area contributed by atoms with Crippen LogP contribution in [0.3, 0.4) is 0 Å². The van der Waals surface area contributed by atoms with E-state index < -0.39 is 0 Å². The van der Waals surface area contributed by atoms with E-state index in [4.69, 9.17) is 19.4 Å². The second-order valence-corrected chi connectivity index (χ2v) is 10.6. The normalized spacial score (nSPS) is 11.3. The molecule has 2 aromatic heterocycles. The molecule has 0 spiro atoms. The number of para-hydroxylation sites is 1. The molecule has 5 heteroatoms. The number of phenols is 1. The lowest BCUT2D eigenvalue weighted by Gasteiger charge is -2.14. The van der Waals surface area contributed by atoms with E-state index in [1.54, 1.807) is 6.07 Å². The fraction of sp³-hybridized carbons (Fsp3) is 0. The summed E-state index contributed by atoms with van der Waals surface area (Å²) in [7, 11) is 0. The van der Waals surface area contributed by atoms with Gasteiger partial charge in [0.1, 0.15) is 16.9 Å². The number of benzene rings is 6. The van der Waals surface area contributed by atoms with Crippen LogP contribution in [0.2, 0.25) is 0 Å². The standard InChI is InChI=1S/C39H25N3O2/c43-33-16-9-15-31(39-41-37(27-10-3-1-4-11-27)40-38(42-39)28-12-5-2-6-13-28)36(33)26-20-18-25(19-21-26)29-22-23-35-32(24-29)30-14-7-8-17-34(30)44-35/h1-24,43H. The average Bonchev–Trinajstić information content (AvgIpc) is 3.47. The van der Waals surface area contributed by atoms with Crippen molar-refractivity contribution in [2.75, 3.05) is 0 Å². The van der Waals surface area contributed by atoms with E-state index in [1.165, 1.54) is 0 Å². The van der Waals surface area contributed by atoms with Crippen LogP contribution in [-0.4, -0.2) is 20.1 Å². The number of aromatic hydroxyl groups is 1. The van der Waals surface area contributed by atoms with E-state index in [9.17, 15) is 5.11 Å². The number of hydrogen-bond donors (Lipinski definition) is 1. The lowest BCUT2D eigenvalue weighted by molar-refractivity contribution is 0.477. The largest absolute Gasteiger partial charge is 0.507 e. The summed E-state index contributed by atoms with van der Waals surface area (Å²) in [5.41, 5.74) is 7.93. The fourth-order valence-corrected chi connectivity index (χ4v) is 5.69. The molecule has 0 aliphatic carbocycles. The molecule has 6 aromatic carbocycles. The highest BCUT2D eigenvalue weighted by Crippen LogP contribution is 2.39. The zero-order chi connectivity index (χ0) is 29.5. The third-order valence-corrected chi connectivity index (χ3v) is 7.87. The number of aromatic nitrogens is 3. The minimum atomic E-state index is 0.157. The van der Waals surface area contributed by atoms with Crippen molar-refractivity contribution in [1.29, 1.82) is 0 Å². The lowest BCUT2D eigenvalue weighted by Crippen LogP contribution is -2.01. The highest BCUT2D eigenvalue weighted by atomic mass is 16.3. The van der Waals surface area contributed by atoms with Gasteiger partial charge in [-0.3, -0.25) is 0 Å². The summed E-state index contributed by atoms with van der Waals surface area (Å²) in [4.78, 5) is 14.6. The summed E-state index contributed by atoms with van der Waals surface area (Å²) in [6.07, 6.45) is 0. The molecule has 0 aliphatic heterocycles. The zero-order valence-corrected chi connectivity index (χ0v) is 23.6. The van der Waals surface area contributed by atoms with Crippen molar-refractivity contribution in [1.82, 2.24) is 15.0 Å². The van der Waals surface area contributed by atoms with Crippen LogP contribution in [-0.2, 0) is 0 Å². The first-order valence-corrected chi connectivity index (χ1v) is 14.4. The van der Waals surface area contributed by atoms with Crippen LogP contribution in [0.5, 0.6) is 5.75 Å². The smallest absolute Gasteiger partial charge is 0.164 e. The molecule has 8 rings (SSSR count). The summed E-state index contributed by atoms with van der Waals surface area (Å²) in [5.74, 6) is 1.79. The van der Waals surface area contributed by atoms with E-state index in [0.29, 0.717) is 23.0 Å². The van der Waals surface area contributed by atoms with Crippen LogP contribution < -0.4 is 0 Å². The van der Waals surface area contributed by atoms with Crippen molar-refractivity contribution < 1.29 is 9.52 Å². The molecule has 0 radical (unpaired) electrons. The quantitative estimate of drug-likeness (QED) is 0.224. The number of fused-ring (bicyclic) bond motifs is 3. The van der Waals surface area contributed by atoms with Gasteiger partial charge in [-0.2, -0.15) is 0 Å². The van der Waals surface area contributed by atoms with Gasteiger partial charge in [0.05, 0.1) is 0 Å². The lowest BCUT2D eigenvalue weighted by atomic mass is 9.95. The van der Waals surface area contributed by atoms with Crippen LogP contribution in [0.25, 0.3) is 78.4 Å². The minimum absolute atomic E-state index is 0.157. The second kappa shape index (κ2) is 10.6. The third-order valence-electron chi connectivity index (χ3n) is 7.87. The summed E-state index contributed by atoms with van der Waals surface area (Å²) in [5, 5.41) is 13.4. The van der Waals surface area contributed by atoms with Crippen LogP contribution in [0.15, 0.2) is 150 Å². The Balaban J connectivity index is 1.23. The monoisotopic (exact) mass is 567 g/mol. The second-order valence-electron chi connectivity index (χ2n) is 10.6. The maximum absolute atomic E-state index is 11.2. The molecule has 208 valence electrons. The predicted octanol–water partition coefficient (Wildman–Crippen LogP) is 9.81. The number of hydrogen-bond acceptors (Lipinski definition) is 5. The number of nitrogens with zero attached hydrogens (tertiary/aromatic N) is 3. The minimum Gasteiger partial charge on any atom is -0.507 e. The zero-order valence-electron chi connectivity index (χ0n) is 23.6. The Morgan fingerprint density at radius 3 is 1.68 bits per heavy atom. The number of rotatable bonds is 5. The van der Waals surface area contributed by atoms with Gasteiger partial charge in [0.25, 0.3) is 0 Å². The third kappa shape index (κ3) is 4.57. The van der Waals surface area contributed by atoms with Crippen molar-refractivity contribution in [2.24, 2.45) is 0 Å². The molecule has 0 fully saturated rings. The van der Waals surface area contributed by atoms with Crippen molar-refractivity contribution >= 4 is 21.9 Å². The Hall–Kier alpha value is -6.07. The topological polar surface area (TPSA) is 72.0 Å². The molecule has 2 heterocycles. The maximum atomic E-state index is 11.2. The van der Waals surface area contributed by atoms with Gasteiger partial charge < -0.3 is 9.52 Å². The van der Waals surface area contributed by atoms with Crippen LogP contribution in [0.4, 0.5) is 0 Å². The Kier molecular flexibility index (Phi) is 6.20. The van der Waals surface area contributed by atoms with E-state index in [-0.39, 0.29) is 5.75 Å².